The summed E-state index contributed by atoms with van der Waals surface area (Å²) < 4.78 is 11.0. The number of aryl methyl sites for hydroxylation is 2. The first-order chi connectivity index (χ1) is 12.9. The molecule has 0 bridgehead atoms. The first-order valence-electron chi connectivity index (χ1n) is 8.35. The van der Waals surface area contributed by atoms with Gasteiger partial charge in [-0.15, -0.1) is 0 Å². The third kappa shape index (κ3) is 2.52. The zero-order chi connectivity index (χ0) is 19.3. The van der Waals surface area contributed by atoms with Crippen LogP contribution in [0.3, 0.4) is 0 Å². The Bertz CT molecular complexity index is 1210. The van der Waals surface area contributed by atoms with Crippen molar-refractivity contribution in [1.82, 2.24) is 0 Å². The Labute approximate surface area is 154 Å². The van der Waals surface area contributed by atoms with Crippen LogP contribution in [0, 0.1) is 25.2 Å². The van der Waals surface area contributed by atoms with Gasteiger partial charge in [0.15, 0.2) is 0 Å². The summed E-state index contributed by atoms with van der Waals surface area (Å²) in [4.78, 5) is 12.0. The predicted octanol–water partition coefficient (Wildman–Crippen LogP) is 3.33. The number of nitrogens with zero attached hydrogens (tertiary/aromatic N) is 1. The molecule has 1 aliphatic rings. The minimum absolute atomic E-state index is 0.0377. The lowest BCUT2D eigenvalue weighted by atomic mass is 9.82. The number of nitrogens with two attached hydrogens (primary N) is 1. The molecule has 134 valence electrons. The zero-order valence-corrected chi connectivity index (χ0v) is 14.7. The third-order valence-corrected chi connectivity index (χ3v) is 4.79. The highest BCUT2D eigenvalue weighted by Gasteiger charge is 2.34. The van der Waals surface area contributed by atoms with Gasteiger partial charge >= 0.3 is 5.63 Å². The lowest BCUT2D eigenvalue weighted by Gasteiger charge is -2.27. The Morgan fingerprint density at radius 2 is 1.89 bits per heavy atom. The van der Waals surface area contributed by atoms with Crippen LogP contribution in [0.15, 0.2) is 57.1 Å². The number of phenolic OH excluding ortho intramolecular Hbond substituents is 1. The predicted molar refractivity (Wildman–Crippen MR) is 99.4 cm³/mol. The molecule has 6 heteroatoms. The molecular formula is C21H16N2O4. The Kier molecular flexibility index (Phi) is 3.67. The van der Waals surface area contributed by atoms with Crippen LogP contribution < -0.4 is 16.1 Å². The summed E-state index contributed by atoms with van der Waals surface area (Å²) in [5, 5.41) is 20.5. The van der Waals surface area contributed by atoms with Gasteiger partial charge in [0.2, 0.25) is 5.88 Å². The molecule has 0 saturated carbocycles. The average molecular weight is 360 g/mol. The average Bonchev–Trinajstić information content (AvgIpc) is 2.60. The zero-order valence-electron chi connectivity index (χ0n) is 14.7. The number of rotatable bonds is 1. The van der Waals surface area contributed by atoms with E-state index in [1.165, 1.54) is 12.1 Å². The molecule has 1 aliphatic heterocycles. The minimum Gasteiger partial charge on any atom is -0.507 e. The van der Waals surface area contributed by atoms with E-state index in [0.29, 0.717) is 16.5 Å². The first kappa shape index (κ1) is 16.7. The van der Waals surface area contributed by atoms with Crippen molar-refractivity contribution in [2.45, 2.75) is 19.8 Å². The topological polar surface area (TPSA) is 109 Å². The number of hydrogen-bond donors (Lipinski definition) is 2. The number of fused-ring (bicyclic) bond motifs is 3. The van der Waals surface area contributed by atoms with E-state index in [0.717, 1.165) is 11.1 Å². The van der Waals surface area contributed by atoms with Crippen LogP contribution in [0.4, 0.5) is 0 Å². The molecule has 6 nitrogen and oxygen atoms in total. The molecule has 4 rings (SSSR count). The molecule has 3 N–H and O–H groups in total. The fourth-order valence-corrected chi connectivity index (χ4v) is 3.53. The van der Waals surface area contributed by atoms with Gasteiger partial charge in [0.1, 0.15) is 28.7 Å². The normalized spacial score (nSPS) is 16.0. The Morgan fingerprint density at radius 1 is 1.19 bits per heavy atom. The van der Waals surface area contributed by atoms with E-state index in [1.807, 2.05) is 31.2 Å². The van der Waals surface area contributed by atoms with Crippen molar-refractivity contribution < 1.29 is 14.3 Å². The SMILES string of the molecule is Cc1ccc(C2C(C#N)=C(N)Oc3cc(O)c4c(C)cc(=O)oc4c32)cc1. The molecule has 0 spiro atoms. The van der Waals surface area contributed by atoms with Crippen LogP contribution in [0.5, 0.6) is 11.5 Å². The van der Waals surface area contributed by atoms with Crippen molar-refractivity contribution in [3.8, 4) is 17.6 Å². The van der Waals surface area contributed by atoms with Gasteiger partial charge in [-0.25, -0.2) is 4.79 Å². The highest BCUT2D eigenvalue weighted by atomic mass is 16.5. The van der Waals surface area contributed by atoms with Crippen LogP contribution in [0.1, 0.15) is 28.2 Å². The lowest BCUT2D eigenvalue weighted by Crippen LogP contribution is -2.21. The van der Waals surface area contributed by atoms with Gasteiger partial charge in [0.05, 0.1) is 16.9 Å². The third-order valence-electron chi connectivity index (χ3n) is 4.79. The van der Waals surface area contributed by atoms with Crippen molar-refractivity contribution >= 4 is 11.0 Å². The maximum absolute atomic E-state index is 12.0. The molecule has 0 fully saturated rings. The number of allylic oxidation sites excluding steroid dienone is 1. The second-order valence-electron chi connectivity index (χ2n) is 6.60. The van der Waals surface area contributed by atoms with Crippen molar-refractivity contribution in [2.24, 2.45) is 5.73 Å². The van der Waals surface area contributed by atoms with Gasteiger partial charge in [0.25, 0.3) is 0 Å². The smallest absolute Gasteiger partial charge is 0.336 e. The van der Waals surface area contributed by atoms with Crippen LogP contribution in [0.25, 0.3) is 11.0 Å². The van der Waals surface area contributed by atoms with Gasteiger partial charge in [-0.1, -0.05) is 29.8 Å². The van der Waals surface area contributed by atoms with E-state index in [1.54, 1.807) is 6.92 Å². The summed E-state index contributed by atoms with van der Waals surface area (Å²) in [6, 6.07) is 12.5. The molecule has 1 unspecified atom stereocenters. The summed E-state index contributed by atoms with van der Waals surface area (Å²) in [5.41, 5.74) is 8.80. The molecule has 0 amide bonds. The molecule has 2 aromatic carbocycles. The molecule has 0 saturated heterocycles. The number of phenols is 1. The summed E-state index contributed by atoms with van der Waals surface area (Å²) in [6.45, 7) is 3.68. The van der Waals surface area contributed by atoms with Crippen LogP contribution in [-0.4, -0.2) is 5.11 Å². The van der Waals surface area contributed by atoms with Crippen molar-refractivity contribution in [2.75, 3.05) is 0 Å². The van der Waals surface area contributed by atoms with Crippen molar-refractivity contribution in [3.63, 3.8) is 0 Å². The van der Waals surface area contributed by atoms with Crippen LogP contribution in [-0.2, 0) is 0 Å². The molecule has 27 heavy (non-hydrogen) atoms. The maximum Gasteiger partial charge on any atom is 0.336 e. The van der Waals surface area contributed by atoms with Crippen molar-refractivity contribution in [1.29, 1.82) is 5.26 Å². The molecule has 2 heterocycles. The van der Waals surface area contributed by atoms with Gasteiger partial charge in [-0.3, -0.25) is 0 Å². The fraction of sp³-hybridized carbons (Fsp3) is 0.143. The molecule has 1 aromatic heterocycles. The quantitative estimate of drug-likeness (QED) is 0.644. The number of ether oxygens (including phenoxy) is 1. The van der Waals surface area contributed by atoms with Crippen molar-refractivity contribution in [3.05, 3.63) is 80.5 Å². The first-order valence-corrected chi connectivity index (χ1v) is 8.35. The lowest BCUT2D eigenvalue weighted by molar-refractivity contribution is 0.387. The van der Waals surface area contributed by atoms with Gasteiger partial charge in [-0.2, -0.15) is 5.26 Å². The number of nitriles is 1. The molecular weight excluding hydrogens is 344 g/mol. The van der Waals surface area contributed by atoms with E-state index in [-0.39, 0.29) is 28.5 Å². The summed E-state index contributed by atoms with van der Waals surface area (Å²) >= 11 is 0. The summed E-state index contributed by atoms with van der Waals surface area (Å²) in [6.07, 6.45) is 0. The monoisotopic (exact) mass is 360 g/mol. The fourth-order valence-electron chi connectivity index (χ4n) is 3.53. The molecule has 0 aliphatic carbocycles. The van der Waals surface area contributed by atoms with Gasteiger partial charge in [-0.05, 0) is 25.0 Å². The van der Waals surface area contributed by atoms with E-state index in [9.17, 15) is 15.2 Å². The van der Waals surface area contributed by atoms with Gasteiger partial charge < -0.3 is 20.0 Å². The Balaban J connectivity index is 2.14. The largest absolute Gasteiger partial charge is 0.507 e. The Morgan fingerprint density at radius 3 is 2.56 bits per heavy atom. The van der Waals surface area contributed by atoms with Crippen LogP contribution >= 0.6 is 0 Å². The highest BCUT2D eigenvalue weighted by Crippen LogP contribution is 2.48. The van der Waals surface area contributed by atoms with E-state index in [4.69, 9.17) is 14.9 Å². The van der Waals surface area contributed by atoms with E-state index >= 15 is 0 Å². The second kappa shape index (κ2) is 5.92. The van der Waals surface area contributed by atoms with Gasteiger partial charge in [0, 0.05) is 12.1 Å². The summed E-state index contributed by atoms with van der Waals surface area (Å²) in [7, 11) is 0. The number of aromatic hydroxyl groups is 1. The highest BCUT2D eigenvalue weighted by molar-refractivity contribution is 5.92. The molecule has 1 atom stereocenters. The number of benzene rings is 2. The standard InChI is InChI=1S/C21H16N2O4/c1-10-3-5-12(6-4-10)18-13(9-22)21(23)26-15-8-14(24)17-11(2)7-16(25)27-20(17)19(15)18/h3-8,18,24H,23H2,1-2H3. The minimum atomic E-state index is -0.576. The maximum atomic E-state index is 12.0. The summed E-state index contributed by atoms with van der Waals surface area (Å²) in [5.74, 6) is -0.437. The van der Waals surface area contributed by atoms with E-state index in [2.05, 4.69) is 6.07 Å². The molecule has 3 aromatic rings. The second-order valence-corrected chi connectivity index (χ2v) is 6.60. The number of hydrogen-bond acceptors (Lipinski definition) is 6. The van der Waals surface area contributed by atoms with Crippen LogP contribution in [0.2, 0.25) is 0 Å². The van der Waals surface area contributed by atoms with E-state index < -0.39 is 11.5 Å². The Hall–Kier alpha value is -3.72. The molecule has 0 radical (unpaired) electrons.